The molecule has 0 amide bonds. The van der Waals surface area contributed by atoms with Crippen LogP contribution in [0, 0.1) is 11.3 Å². The molecule has 1 heterocycles. The van der Waals surface area contributed by atoms with E-state index in [1.165, 1.54) is 0 Å². The number of aromatic nitrogens is 2. The van der Waals surface area contributed by atoms with Crippen LogP contribution in [0.15, 0.2) is 42.5 Å². The van der Waals surface area contributed by atoms with Crippen molar-refractivity contribution in [1.29, 1.82) is 5.26 Å². The zero-order valence-electron chi connectivity index (χ0n) is 11.1. The molecule has 3 nitrogen and oxygen atoms in total. The van der Waals surface area contributed by atoms with Gasteiger partial charge in [-0.05, 0) is 30.3 Å². The lowest BCUT2D eigenvalue weighted by Gasteiger charge is -2.09. The van der Waals surface area contributed by atoms with Crippen LogP contribution in [-0.2, 0) is 6.42 Å². The molecule has 0 N–H and O–H groups in total. The van der Waals surface area contributed by atoms with E-state index in [1.807, 2.05) is 41.0 Å². The molecule has 0 radical (unpaired) electrons. The van der Waals surface area contributed by atoms with Gasteiger partial charge in [0.15, 0.2) is 0 Å². The van der Waals surface area contributed by atoms with Crippen LogP contribution < -0.4 is 0 Å². The second-order valence-corrected chi connectivity index (χ2v) is 5.36. The minimum absolute atomic E-state index is 0.471. The molecule has 0 aliphatic rings. The number of nitrogens with zero attached hydrogens (tertiary/aromatic N) is 3. The Balaban J connectivity index is 2.33. The fourth-order valence-electron chi connectivity index (χ4n) is 2.38. The quantitative estimate of drug-likeness (QED) is 0.675. The fraction of sp³-hybridized carbons (Fsp3) is 0.125. The summed E-state index contributed by atoms with van der Waals surface area (Å²) < 4.78 is 1.97. The monoisotopic (exact) mass is 315 g/mol. The second kappa shape index (κ2) is 5.77. The van der Waals surface area contributed by atoms with E-state index in [-0.39, 0.29) is 0 Å². The first-order valence-electron chi connectivity index (χ1n) is 6.47. The predicted octanol–water partition coefficient (Wildman–Crippen LogP) is 4.33. The van der Waals surface area contributed by atoms with Gasteiger partial charge in [0, 0.05) is 18.0 Å². The van der Waals surface area contributed by atoms with Gasteiger partial charge in [0.25, 0.3) is 0 Å². The highest BCUT2D eigenvalue weighted by Gasteiger charge is 2.14. The second-order valence-electron chi connectivity index (χ2n) is 4.57. The Kier molecular flexibility index (Phi) is 3.83. The smallest absolute Gasteiger partial charge is 0.115 e. The van der Waals surface area contributed by atoms with Crippen molar-refractivity contribution in [2.75, 3.05) is 5.88 Å². The molecular weight excluding hydrogens is 305 g/mol. The van der Waals surface area contributed by atoms with Gasteiger partial charge >= 0.3 is 0 Å². The third kappa shape index (κ3) is 2.49. The SMILES string of the molecule is N#Cc1cccc(-n2c(CCCl)nc3cccc(Cl)c32)c1. The summed E-state index contributed by atoms with van der Waals surface area (Å²) in [4.78, 5) is 4.61. The number of rotatable bonds is 3. The van der Waals surface area contributed by atoms with Crippen molar-refractivity contribution in [3.8, 4) is 11.8 Å². The summed E-state index contributed by atoms with van der Waals surface area (Å²) >= 11 is 12.2. The van der Waals surface area contributed by atoms with Gasteiger partial charge in [-0.1, -0.05) is 23.7 Å². The molecule has 0 aliphatic carbocycles. The first-order valence-corrected chi connectivity index (χ1v) is 7.38. The van der Waals surface area contributed by atoms with E-state index in [0.29, 0.717) is 22.9 Å². The molecule has 0 unspecified atom stereocenters. The highest BCUT2D eigenvalue weighted by Crippen LogP contribution is 2.28. The molecule has 5 heteroatoms. The zero-order chi connectivity index (χ0) is 14.8. The normalized spacial score (nSPS) is 10.7. The minimum atomic E-state index is 0.471. The summed E-state index contributed by atoms with van der Waals surface area (Å²) in [7, 11) is 0. The van der Waals surface area contributed by atoms with Crippen molar-refractivity contribution in [2.45, 2.75) is 6.42 Å². The van der Waals surface area contributed by atoms with E-state index in [9.17, 15) is 0 Å². The average molecular weight is 316 g/mol. The van der Waals surface area contributed by atoms with Gasteiger partial charge in [-0.2, -0.15) is 5.26 Å². The average Bonchev–Trinajstić information content (AvgIpc) is 2.87. The van der Waals surface area contributed by atoms with E-state index in [0.717, 1.165) is 22.5 Å². The Hall–Kier alpha value is -2.02. The van der Waals surface area contributed by atoms with Crippen molar-refractivity contribution in [3.63, 3.8) is 0 Å². The number of aryl methyl sites for hydroxylation is 1. The van der Waals surface area contributed by atoms with Crippen LogP contribution in [0.25, 0.3) is 16.7 Å². The molecule has 0 spiro atoms. The van der Waals surface area contributed by atoms with Crippen molar-refractivity contribution in [1.82, 2.24) is 9.55 Å². The molecule has 3 rings (SSSR count). The zero-order valence-corrected chi connectivity index (χ0v) is 12.6. The summed E-state index contributed by atoms with van der Waals surface area (Å²) in [5.74, 6) is 1.31. The molecule has 0 fully saturated rings. The highest BCUT2D eigenvalue weighted by molar-refractivity contribution is 6.35. The molecule has 3 aromatic rings. The van der Waals surface area contributed by atoms with Crippen LogP contribution in [-0.4, -0.2) is 15.4 Å². The van der Waals surface area contributed by atoms with Crippen LogP contribution in [0.4, 0.5) is 0 Å². The van der Waals surface area contributed by atoms with Crippen molar-refractivity contribution in [2.24, 2.45) is 0 Å². The Morgan fingerprint density at radius 2 is 2.00 bits per heavy atom. The van der Waals surface area contributed by atoms with Gasteiger partial charge in [0.05, 0.1) is 27.7 Å². The topological polar surface area (TPSA) is 41.6 Å². The lowest BCUT2D eigenvalue weighted by Crippen LogP contribution is -2.02. The van der Waals surface area contributed by atoms with Gasteiger partial charge in [-0.3, -0.25) is 4.57 Å². The van der Waals surface area contributed by atoms with E-state index in [2.05, 4.69) is 11.1 Å². The number of para-hydroxylation sites is 1. The predicted molar refractivity (Wildman–Crippen MR) is 85.2 cm³/mol. The Bertz CT molecular complexity index is 846. The molecule has 1 aromatic heterocycles. The van der Waals surface area contributed by atoms with Crippen LogP contribution in [0.3, 0.4) is 0 Å². The van der Waals surface area contributed by atoms with Crippen molar-refractivity contribution in [3.05, 3.63) is 58.9 Å². The number of benzene rings is 2. The van der Waals surface area contributed by atoms with Crippen molar-refractivity contribution < 1.29 is 0 Å². The number of halogens is 2. The molecule has 0 bridgehead atoms. The molecule has 0 atom stereocenters. The van der Waals surface area contributed by atoms with Crippen LogP contribution >= 0.6 is 23.2 Å². The first kappa shape index (κ1) is 13.9. The van der Waals surface area contributed by atoms with Gasteiger partial charge in [-0.15, -0.1) is 11.6 Å². The standard InChI is InChI=1S/C16H11Cl2N3/c17-8-7-15-20-14-6-2-5-13(18)16(14)21(15)12-4-1-3-11(9-12)10-19/h1-6,9H,7-8H2. The van der Waals surface area contributed by atoms with E-state index in [4.69, 9.17) is 28.5 Å². The van der Waals surface area contributed by atoms with E-state index >= 15 is 0 Å². The van der Waals surface area contributed by atoms with Gasteiger partial charge < -0.3 is 0 Å². The summed E-state index contributed by atoms with van der Waals surface area (Å²) in [6.07, 6.45) is 0.628. The molecule has 21 heavy (non-hydrogen) atoms. The Morgan fingerprint density at radius 3 is 2.76 bits per heavy atom. The van der Waals surface area contributed by atoms with Gasteiger partial charge in [0.2, 0.25) is 0 Å². The summed E-state index contributed by atoms with van der Waals surface area (Å²) in [5, 5.41) is 9.71. The Labute approximate surface area is 132 Å². The molecule has 0 saturated carbocycles. The van der Waals surface area contributed by atoms with Crippen molar-refractivity contribution >= 4 is 34.2 Å². The first-order chi connectivity index (χ1) is 10.2. The fourth-order valence-corrected chi connectivity index (χ4v) is 2.80. The lowest BCUT2D eigenvalue weighted by molar-refractivity contribution is 0.912. The molecule has 0 saturated heterocycles. The number of hydrogen-bond acceptors (Lipinski definition) is 2. The van der Waals surface area contributed by atoms with Crippen LogP contribution in [0.5, 0.6) is 0 Å². The maximum absolute atomic E-state index is 9.08. The van der Waals surface area contributed by atoms with E-state index in [1.54, 1.807) is 6.07 Å². The third-order valence-electron chi connectivity index (χ3n) is 3.25. The van der Waals surface area contributed by atoms with Gasteiger partial charge in [-0.25, -0.2) is 4.98 Å². The maximum Gasteiger partial charge on any atom is 0.115 e. The van der Waals surface area contributed by atoms with Crippen LogP contribution in [0.1, 0.15) is 11.4 Å². The van der Waals surface area contributed by atoms with E-state index < -0.39 is 0 Å². The summed E-state index contributed by atoms with van der Waals surface area (Å²) in [6, 6.07) is 15.2. The largest absolute Gasteiger partial charge is 0.295 e. The highest BCUT2D eigenvalue weighted by atomic mass is 35.5. The summed E-state index contributed by atoms with van der Waals surface area (Å²) in [5.41, 5.74) is 3.13. The molecule has 104 valence electrons. The Morgan fingerprint density at radius 1 is 1.19 bits per heavy atom. The number of alkyl halides is 1. The van der Waals surface area contributed by atoms with Gasteiger partial charge in [0.1, 0.15) is 5.82 Å². The maximum atomic E-state index is 9.08. The summed E-state index contributed by atoms with van der Waals surface area (Å²) in [6.45, 7) is 0. The molecular formula is C16H11Cl2N3. The number of nitriles is 1. The lowest BCUT2D eigenvalue weighted by atomic mass is 10.2. The minimum Gasteiger partial charge on any atom is -0.295 e. The number of hydrogen-bond donors (Lipinski definition) is 0. The van der Waals surface area contributed by atoms with Crippen LogP contribution in [0.2, 0.25) is 5.02 Å². The third-order valence-corrected chi connectivity index (χ3v) is 3.74. The number of fused-ring (bicyclic) bond motifs is 1. The molecule has 2 aromatic carbocycles. The number of imidazole rings is 1. The molecule has 0 aliphatic heterocycles.